The van der Waals surface area contributed by atoms with Crippen LogP contribution in [0.2, 0.25) is 0 Å². The number of nitrogens with one attached hydrogen (secondary N) is 1. The van der Waals surface area contributed by atoms with Gasteiger partial charge in [-0.05, 0) is 48.5 Å². The summed E-state index contributed by atoms with van der Waals surface area (Å²) in [6.07, 6.45) is 1.41. The quantitative estimate of drug-likeness (QED) is 0.780. The molecule has 6 heteroatoms. The molecule has 0 unspecified atom stereocenters. The fourth-order valence-corrected chi connectivity index (χ4v) is 2.38. The molecule has 2 amide bonds. The highest BCUT2D eigenvalue weighted by molar-refractivity contribution is 6.08. The van der Waals surface area contributed by atoms with Crippen LogP contribution in [-0.4, -0.2) is 23.8 Å². The second-order valence-electron chi connectivity index (χ2n) is 5.59. The van der Waals surface area contributed by atoms with E-state index in [-0.39, 0.29) is 11.6 Å². The molecule has 0 atom stereocenters. The summed E-state index contributed by atoms with van der Waals surface area (Å²) in [4.78, 5) is 30.5. The van der Waals surface area contributed by atoms with Crippen molar-refractivity contribution in [3.8, 4) is 0 Å². The van der Waals surface area contributed by atoms with E-state index < -0.39 is 11.7 Å². The average Bonchev–Trinajstić information content (AvgIpc) is 2.69. The number of carbonyl (C=O) groups excluding carboxylic acids is 2. The highest BCUT2D eigenvalue weighted by Crippen LogP contribution is 2.16. The molecule has 0 saturated heterocycles. The predicted octanol–water partition coefficient (Wildman–Crippen LogP) is 3.75. The summed E-state index contributed by atoms with van der Waals surface area (Å²) in [5, 5.41) is 2.62. The maximum absolute atomic E-state index is 12.9. The lowest BCUT2D eigenvalue weighted by Crippen LogP contribution is -2.26. The zero-order chi connectivity index (χ0) is 18.5. The van der Waals surface area contributed by atoms with Crippen molar-refractivity contribution in [3.05, 3.63) is 90.0 Å². The van der Waals surface area contributed by atoms with Gasteiger partial charge in [-0.2, -0.15) is 0 Å². The lowest BCUT2D eigenvalue weighted by molar-refractivity contribution is 0.0993. The van der Waals surface area contributed by atoms with Crippen LogP contribution in [0.3, 0.4) is 0 Å². The smallest absolute Gasteiger partial charge is 0.274 e. The van der Waals surface area contributed by atoms with E-state index in [1.165, 1.54) is 41.4 Å². The molecule has 1 N–H and O–H groups in total. The van der Waals surface area contributed by atoms with Gasteiger partial charge in [0.1, 0.15) is 11.5 Å². The number of pyridine rings is 1. The molecule has 3 rings (SSSR count). The highest BCUT2D eigenvalue weighted by Gasteiger charge is 2.16. The SMILES string of the molecule is CN(C(=O)c1ccnc(C(=O)Nc2ccc(F)cc2)c1)c1ccccc1. The zero-order valence-corrected chi connectivity index (χ0v) is 14.0. The predicted molar refractivity (Wildman–Crippen MR) is 97.8 cm³/mol. The molecule has 0 aliphatic heterocycles. The Morgan fingerprint density at radius 1 is 1.00 bits per heavy atom. The summed E-state index contributed by atoms with van der Waals surface area (Å²) in [6.45, 7) is 0. The Bertz CT molecular complexity index is 927. The van der Waals surface area contributed by atoms with Crippen molar-refractivity contribution < 1.29 is 14.0 Å². The molecule has 0 bridgehead atoms. The van der Waals surface area contributed by atoms with Gasteiger partial charge in [-0.1, -0.05) is 18.2 Å². The van der Waals surface area contributed by atoms with Crippen LogP contribution in [0.1, 0.15) is 20.8 Å². The van der Waals surface area contributed by atoms with Crippen molar-refractivity contribution >= 4 is 23.2 Å². The minimum absolute atomic E-state index is 0.0987. The van der Waals surface area contributed by atoms with Crippen LogP contribution >= 0.6 is 0 Å². The van der Waals surface area contributed by atoms with Gasteiger partial charge in [-0.15, -0.1) is 0 Å². The number of benzene rings is 2. The summed E-state index contributed by atoms with van der Waals surface area (Å²) in [5.41, 5.74) is 1.63. The van der Waals surface area contributed by atoms with Gasteiger partial charge >= 0.3 is 0 Å². The Kier molecular flexibility index (Phi) is 5.03. The standard InChI is InChI=1S/C20H16FN3O2/c1-24(17-5-3-2-4-6-17)20(26)14-11-12-22-18(13-14)19(25)23-16-9-7-15(21)8-10-16/h2-13H,1H3,(H,23,25). The van der Waals surface area contributed by atoms with E-state index in [0.29, 0.717) is 11.3 Å². The van der Waals surface area contributed by atoms with E-state index in [1.54, 1.807) is 13.1 Å². The minimum atomic E-state index is -0.478. The third kappa shape index (κ3) is 3.92. The molecule has 0 saturated carbocycles. The molecule has 1 heterocycles. The topological polar surface area (TPSA) is 62.3 Å². The number of amides is 2. The van der Waals surface area contributed by atoms with Crippen molar-refractivity contribution in [2.45, 2.75) is 0 Å². The number of nitrogens with zero attached hydrogens (tertiary/aromatic N) is 2. The second-order valence-corrected chi connectivity index (χ2v) is 5.59. The van der Waals surface area contributed by atoms with Crippen molar-refractivity contribution in [2.75, 3.05) is 17.3 Å². The van der Waals surface area contributed by atoms with Crippen molar-refractivity contribution in [2.24, 2.45) is 0 Å². The van der Waals surface area contributed by atoms with Crippen LogP contribution in [0.5, 0.6) is 0 Å². The van der Waals surface area contributed by atoms with Gasteiger partial charge in [0.05, 0.1) is 0 Å². The number of carbonyl (C=O) groups is 2. The molecular weight excluding hydrogens is 333 g/mol. The number of rotatable bonds is 4. The van der Waals surface area contributed by atoms with E-state index in [2.05, 4.69) is 10.3 Å². The monoisotopic (exact) mass is 349 g/mol. The first kappa shape index (κ1) is 17.3. The zero-order valence-electron chi connectivity index (χ0n) is 14.0. The molecule has 0 radical (unpaired) electrons. The van der Waals surface area contributed by atoms with Gasteiger partial charge in [0.25, 0.3) is 11.8 Å². The largest absolute Gasteiger partial charge is 0.321 e. The van der Waals surface area contributed by atoms with E-state index in [0.717, 1.165) is 5.69 Å². The van der Waals surface area contributed by atoms with Gasteiger partial charge < -0.3 is 10.2 Å². The fraction of sp³-hybridized carbons (Fsp3) is 0.0500. The normalized spacial score (nSPS) is 10.2. The van der Waals surface area contributed by atoms with Crippen LogP contribution < -0.4 is 10.2 Å². The Hall–Kier alpha value is -3.54. The van der Waals surface area contributed by atoms with Crippen LogP contribution in [0.4, 0.5) is 15.8 Å². The molecule has 26 heavy (non-hydrogen) atoms. The molecule has 5 nitrogen and oxygen atoms in total. The molecule has 130 valence electrons. The number of para-hydroxylation sites is 1. The summed E-state index contributed by atoms with van der Waals surface area (Å²) in [5.74, 6) is -1.12. The summed E-state index contributed by atoms with van der Waals surface area (Å²) in [7, 11) is 1.66. The van der Waals surface area contributed by atoms with Gasteiger partial charge in [0.15, 0.2) is 0 Å². The molecule has 2 aromatic carbocycles. The molecular formula is C20H16FN3O2. The Balaban J connectivity index is 1.78. The van der Waals surface area contributed by atoms with E-state index in [1.807, 2.05) is 30.3 Å². The van der Waals surface area contributed by atoms with E-state index in [9.17, 15) is 14.0 Å². The summed E-state index contributed by atoms with van der Waals surface area (Å²) >= 11 is 0. The summed E-state index contributed by atoms with van der Waals surface area (Å²) in [6, 6.07) is 17.6. The third-order valence-corrected chi connectivity index (χ3v) is 3.79. The Labute approximate surface area is 150 Å². The van der Waals surface area contributed by atoms with Gasteiger partial charge in [-0.3, -0.25) is 14.6 Å². The van der Waals surface area contributed by atoms with Crippen LogP contribution in [0.15, 0.2) is 72.9 Å². The fourth-order valence-electron chi connectivity index (χ4n) is 2.38. The first-order valence-corrected chi connectivity index (χ1v) is 7.90. The Morgan fingerprint density at radius 3 is 2.38 bits per heavy atom. The van der Waals surface area contributed by atoms with E-state index >= 15 is 0 Å². The number of halogens is 1. The number of anilines is 2. The number of hydrogen-bond acceptors (Lipinski definition) is 3. The number of aromatic nitrogens is 1. The number of hydrogen-bond donors (Lipinski definition) is 1. The Morgan fingerprint density at radius 2 is 1.69 bits per heavy atom. The minimum Gasteiger partial charge on any atom is -0.321 e. The van der Waals surface area contributed by atoms with E-state index in [4.69, 9.17) is 0 Å². The first-order chi connectivity index (χ1) is 12.5. The first-order valence-electron chi connectivity index (χ1n) is 7.90. The van der Waals surface area contributed by atoms with Gasteiger partial charge in [0, 0.05) is 30.2 Å². The molecule has 1 aromatic heterocycles. The van der Waals surface area contributed by atoms with Crippen molar-refractivity contribution in [1.82, 2.24) is 4.98 Å². The summed E-state index contributed by atoms with van der Waals surface area (Å²) < 4.78 is 12.9. The average molecular weight is 349 g/mol. The molecule has 0 aliphatic carbocycles. The highest BCUT2D eigenvalue weighted by atomic mass is 19.1. The van der Waals surface area contributed by atoms with Crippen molar-refractivity contribution in [3.63, 3.8) is 0 Å². The second kappa shape index (κ2) is 7.57. The van der Waals surface area contributed by atoms with Gasteiger partial charge in [0.2, 0.25) is 0 Å². The lowest BCUT2D eigenvalue weighted by atomic mass is 10.2. The maximum Gasteiger partial charge on any atom is 0.274 e. The molecule has 3 aromatic rings. The lowest BCUT2D eigenvalue weighted by Gasteiger charge is -2.17. The molecule has 0 aliphatic rings. The van der Waals surface area contributed by atoms with Crippen molar-refractivity contribution in [1.29, 1.82) is 0 Å². The third-order valence-electron chi connectivity index (χ3n) is 3.79. The maximum atomic E-state index is 12.9. The molecule has 0 spiro atoms. The van der Waals surface area contributed by atoms with Gasteiger partial charge in [-0.25, -0.2) is 4.39 Å². The van der Waals surface area contributed by atoms with Crippen LogP contribution in [0, 0.1) is 5.82 Å². The van der Waals surface area contributed by atoms with Crippen LogP contribution in [-0.2, 0) is 0 Å². The molecule has 0 fully saturated rings. The van der Waals surface area contributed by atoms with Crippen LogP contribution in [0.25, 0.3) is 0 Å².